The predicted octanol–water partition coefficient (Wildman–Crippen LogP) is 3.22. The third-order valence-corrected chi connectivity index (χ3v) is 2.55. The number of halogens is 2. The molecule has 2 rings (SSSR count). The highest BCUT2D eigenvalue weighted by molar-refractivity contribution is 6.32. The van der Waals surface area contributed by atoms with Crippen LogP contribution in [0.5, 0.6) is 5.75 Å². The van der Waals surface area contributed by atoms with Gasteiger partial charge in [0.1, 0.15) is 17.2 Å². The Kier molecular flexibility index (Phi) is 2.23. The molecule has 0 N–H and O–H groups in total. The largest absolute Gasteiger partial charge is 0.485 e. The standard InChI is InChI=1S/C11H10ClFO2/c1-11(2)5-9(14)7-3-6(13)4-8(12)10(7)15-11/h3-4H,5H2,1-2H3. The SMILES string of the molecule is CC1(C)CC(=O)c2cc(F)cc(Cl)c2O1. The Hall–Kier alpha value is -1.09. The molecule has 0 aliphatic carbocycles. The zero-order chi connectivity index (χ0) is 11.2. The van der Waals surface area contributed by atoms with Crippen molar-refractivity contribution in [1.82, 2.24) is 0 Å². The van der Waals surface area contributed by atoms with Crippen LogP contribution in [0.25, 0.3) is 0 Å². The fourth-order valence-electron chi connectivity index (χ4n) is 1.67. The van der Waals surface area contributed by atoms with Crippen molar-refractivity contribution in [1.29, 1.82) is 0 Å². The number of carbonyl (C=O) groups excluding carboxylic acids is 1. The molecule has 0 fully saturated rings. The van der Waals surface area contributed by atoms with E-state index in [0.717, 1.165) is 6.07 Å². The maximum absolute atomic E-state index is 13.0. The molecule has 0 amide bonds. The van der Waals surface area contributed by atoms with Gasteiger partial charge >= 0.3 is 0 Å². The summed E-state index contributed by atoms with van der Waals surface area (Å²) in [6.45, 7) is 3.60. The lowest BCUT2D eigenvalue weighted by Crippen LogP contribution is -2.36. The third-order valence-electron chi connectivity index (χ3n) is 2.27. The van der Waals surface area contributed by atoms with E-state index in [1.54, 1.807) is 13.8 Å². The number of rotatable bonds is 0. The molecule has 0 unspecified atom stereocenters. The number of ketones is 1. The maximum atomic E-state index is 13.0. The van der Waals surface area contributed by atoms with Gasteiger partial charge in [0.25, 0.3) is 0 Å². The zero-order valence-electron chi connectivity index (χ0n) is 8.43. The molecule has 2 nitrogen and oxygen atoms in total. The third kappa shape index (κ3) is 1.84. The van der Waals surface area contributed by atoms with Crippen molar-refractivity contribution >= 4 is 17.4 Å². The Balaban J connectivity index is 2.60. The summed E-state index contributed by atoms with van der Waals surface area (Å²) in [6, 6.07) is 2.31. The summed E-state index contributed by atoms with van der Waals surface area (Å²) in [5, 5.41) is 0.145. The highest BCUT2D eigenvalue weighted by Gasteiger charge is 2.34. The molecule has 1 aliphatic heterocycles. The van der Waals surface area contributed by atoms with Crippen LogP contribution in [-0.4, -0.2) is 11.4 Å². The number of hydrogen-bond acceptors (Lipinski definition) is 2. The quantitative estimate of drug-likeness (QED) is 0.682. The monoisotopic (exact) mass is 228 g/mol. The Labute approximate surface area is 92.0 Å². The molecule has 0 saturated heterocycles. The van der Waals surface area contributed by atoms with Gasteiger partial charge < -0.3 is 4.74 Å². The van der Waals surface area contributed by atoms with E-state index >= 15 is 0 Å². The predicted molar refractivity (Wildman–Crippen MR) is 55.1 cm³/mol. The second kappa shape index (κ2) is 3.20. The van der Waals surface area contributed by atoms with Gasteiger partial charge in [-0.2, -0.15) is 0 Å². The number of ether oxygens (including phenoxy) is 1. The Morgan fingerprint density at radius 2 is 2.13 bits per heavy atom. The molecule has 1 heterocycles. The minimum Gasteiger partial charge on any atom is -0.485 e. The van der Waals surface area contributed by atoms with Crippen molar-refractivity contribution in [2.24, 2.45) is 0 Å². The van der Waals surface area contributed by atoms with Crippen LogP contribution in [0.2, 0.25) is 5.02 Å². The molecular formula is C11H10ClFO2. The first-order chi connectivity index (χ1) is 6.89. The van der Waals surface area contributed by atoms with Crippen molar-refractivity contribution in [2.75, 3.05) is 0 Å². The first-order valence-electron chi connectivity index (χ1n) is 4.60. The second-order valence-corrected chi connectivity index (χ2v) is 4.63. The Morgan fingerprint density at radius 3 is 2.80 bits per heavy atom. The minimum atomic E-state index is -0.578. The molecule has 0 spiro atoms. The number of Topliss-reactive ketones (excluding diaryl/α,β-unsaturated/α-hetero) is 1. The summed E-state index contributed by atoms with van der Waals surface area (Å²) in [5.74, 6) is -0.364. The van der Waals surface area contributed by atoms with E-state index in [-0.39, 0.29) is 22.8 Å². The lowest BCUT2D eigenvalue weighted by atomic mass is 9.93. The molecule has 4 heteroatoms. The van der Waals surface area contributed by atoms with Crippen LogP contribution in [0.4, 0.5) is 4.39 Å². The van der Waals surface area contributed by atoms with Crippen molar-refractivity contribution in [2.45, 2.75) is 25.9 Å². The molecule has 0 saturated carbocycles. The van der Waals surface area contributed by atoms with Crippen LogP contribution < -0.4 is 4.74 Å². The molecule has 15 heavy (non-hydrogen) atoms. The van der Waals surface area contributed by atoms with Gasteiger partial charge in [-0.3, -0.25) is 4.79 Å². The molecule has 1 aromatic rings. The molecule has 0 bridgehead atoms. The number of fused-ring (bicyclic) bond motifs is 1. The van der Waals surface area contributed by atoms with Gasteiger partial charge in [-0.1, -0.05) is 11.6 Å². The van der Waals surface area contributed by atoms with E-state index in [1.165, 1.54) is 6.07 Å². The lowest BCUT2D eigenvalue weighted by molar-refractivity contribution is 0.0619. The first-order valence-corrected chi connectivity index (χ1v) is 4.98. The van der Waals surface area contributed by atoms with Crippen molar-refractivity contribution in [3.05, 3.63) is 28.5 Å². The highest BCUT2D eigenvalue weighted by Crippen LogP contribution is 2.38. The van der Waals surface area contributed by atoms with E-state index < -0.39 is 11.4 Å². The average Bonchev–Trinajstić information content (AvgIpc) is 2.06. The van der Waals surface area contributed by atoms with Gasteiger partial charge in [0, 0.05) is 0 Å². The van der Waals surface area contributed by atoms with Gasteiger partial charge in [-0.25, -0.2) is 4.39 Å². The van der Waals surface area contributed by atoms with Crippen molar-refractivity contribution in [3.63, 3.8) is 0 Å². The highest BCUT2D eigenvalue weighted by atomic mass is 35.5. The lowest BCUT2D eigenvalue weighted by Gasteiger charge is -2.32. The number of hydrogen-bond donors (Lipinski definition) is 0. The number of carbonyl (C=O) groups is 1. The molecule has 0 aromatic heterocycles. The van der Waals surface area contributed by atoms with Crippen LogP contribution in [-0.2, 0) is 0 Å². The molecule has 0 radical (unpaired) electrons. The molecule has 0 atom stereocenters. The normalized spacial score (nSPS) is 18.3. The van der Waals surface area contributed by atoms with Gasteiger partial charge in [0.2, 0.25) is 0 Å². The molecular weight excluding hydrogens is 219 g/mol. The summed E-state index contributed by atoms with van der Waals surface area (Å²) in [5.41, 5.74) is -0.342. The van der Waals surface area contributed by atoms with Crippen molar-refractivity contribution in [3.8, 4) is 5.75 Å². The Morgan fingerprint density at radius 1 is 1.47 bits per heavy atom. The van der Waals surface area contributed by atoms with Crippen LogP contribution in [0, 0.1) is 5.82 Å². The Bertz CT molecular complexity index is 440. The fraction of sp³-hybridized carbons (Fsp3) is 0.364. The van der Waals surface area contributed by atoms with Gasteiger partial charge in [0.15, 0.2) is 5.78 Å². The summed E-state index contributed by atoms with van der Waals surface area (Å²) in [7, 11) is 0. The molecule has 1 aliphatic rings. The van der Waals surface area contributed by atoms with E-state index in [1.807, 2.05) is 0 Å². The summed E-state index contributed by atoms with van der Waals surface area (Å²) in [4.78, 5) is 11.7. The second-order valence-electron chi connectivity index (χ2n) is 4.23. The first kappa shape index (κ1) is 10.4. The maximum Gasteiger partial charge on any atom is 0.170 e. The fourth-order valence-corrected chi connectivity index (χ4v) is 1.91. The average molecular weight is 229 g/mol. The van der Waals surface area contributed by atoms with Crippen LogP contribution in [0.15, 0.2) is 12.1 Å². The van der Waals surface area contributed by atoms with Crippen LogP contribution in [0.3, 0.4) is 0 Å². The van der Waals surface area contributed by atoms with Gasteiger partial charge in [0.05, 0.1) is 17.0 Å². The van der Waals surface area contributed by atoms with E-state index in [9.17, 15) is 9.18 Å². The van der Waals surface area contributed by atoms with E-state index in [2.05, 4.69) is 0 Å². The topological polar surface area (TPSA) is 26.3 Å². The molecule has 80 valence electrons. The van der Waals surface area contributed by atoms with Crippen LogP contribution >= 0.6 is 11.6 Å². The van der Waals surface area contributed by atoms with E-state index in [4.69, 9.17) is 16.3 Å². The van der Waals surface area contributed by atoms with Crippen molar-refractivity contribution < 1.29 is 13.9 Å². The van der Waals surface area contributed by atoms with Crippen LogP contribution in [0.1, 0.15) is 30.6 Å². The number of benzene rings is 1. The van der Waals surface area contributed by atoms with Gasteiger partial charge in [-0.15, -0.1) is 0 Å². The summed E-state index contributed by atoms with van der Waals surface area (Å²) >= 11 is 5.82. The zero-order valence-corrected chi connectivity index (χ0v) is 9.19. The summed E-state index contributed by atoms with van der Waals surface area (Å²) < 4.78 is 18.6. The summed E-state index contributed by atoms with van der Waals surface area (Å²) in [6.07, 6.45) is 0.236. The van der Waals surface area contributed by atoms with Gasteiger partial charge in [-0.05, 0) is 26.0 Å². The van der Waals surface area contributed by atoms with E-state index in [0.29, 0.717) is 5.75 Å². The smallest absolute Gasteiger partial charge is 0.170 e. The molecule has 1 aromatic carbocycles. The minimum absolute atomic E-state index is 0.136.